The van der Waals surface area contributed by atoms with Gasteiger partial charge in [0, 0.05) is 27.3 Å². The van der Waals surface area contributed by atoms with E-state index in [9.17, 15) is 0 Å². The van der Waals surface area contributed by atoms with Crippen LogP contribution in [0.15, 0.2) is 115 Å². The van der Waals surface area contributed by atoms with Gasteiger partial charge in [0.2, 0.25) is 0 Å². The summed E-state index contributed by atoms with van der Waals surface area (Å²) < 4.78 is 0. The minimum Gasteiger partial charge on any atom is -0.228 e. The zero-order valence-corrected chi connectivity index (χ0v) is 17.5. The molecule has 0 amide bonds. The first-order chi connectivity index (χ1) is 15.3. The van der Waals surface area contributed by atoms with Crippen molar-refractivity contribution in [1.82, 2.24) is 9.97 Å². The predicted octanol–water partition coefficient (Wildman–Crippen LogP) is 7.80. The summed E-state index contributed by atoms with van der Waals surface area (Å²) >= 11 is 6.54. The monoisotopic (exact) mass is 418 g/mol. The van der Waals surface area contributed by atoms with Gasteiger partial charge in [0.25, 0.3) is 0 Å². The molecule has 0 saturated heterocycles. The Morgan fingerprint density at radius 3 is 1.65 bits per heavy atom. The molecule has 0 aliphatic rings. The first kappa shape index (κ1) is 19.2. The van der Waals surface area contributed by atoms with Crippen molar-refractivity contribution in [1.29, 1.82) is 0 Å². The molecule has 1 heterocycles. The van der Waals surface area contributed by atoms with Gasteiger partial charge in [-0.3, -0.25) is 0 Å². The van der Waals surface area contributed by atoms with Gasteiger partial charge >= 0.3 is 0 Å². The summed E-state index contributed by atoms with van der Waals surface area (Å²) in [5.74, 6) is 0.700. The SMILES string of the molecule is Clc1ccccc1-c1ccccc1-c1cc(-c2ccccc2)nc(-c2ccccc2)n1. The molecule has 2 nitrogen and oxygen atoms in total. The Kier molecular flexibility index (Phi) is 5.30. The highest BCUT2D eigenvalue weighted by atomic mass is 35.5. The van der Waals surface area contributed by atoms with Crippen LogP contribution in [0.25, 0.3) is 45.0 Å². The number of benzene rings is 4. The van der Waals surface area contributed by atoms with Gasteiger partial charge < -0.3 is 0 Å². The number of halogens is 1. The van der Waals surface area contributed by atoms with Crippen molar-refractivity contribution < 1.29 is 0 Å². The molecule has 0 spiro atoms. The van der Waals surface area contributed by atoms with E-state index in [1.54, 1.807) is 0 Å². The Balaban J connectivity index is 1.75. The average molecular weight is 419 g/mol. The van der Waals surface area contributed by atoms with Crippen LogP contribution in [0.1, 0.15) is 0 Å². The van der Waals surface area contributed by atoms with Crippen LogP contribution >= 0.6 is 11.6 Å². The van der Waals surface area contributed by atoms with Gasteiger partial charge in [-0.15, -0.1) is 0 Å². The van der Waals surface area contributed by atoms with E-state index in [-0.39, 0.29) is 0 Å². The molecule has 1 aromatic heterocycles. The van der Waals surface area contributed by atoms with Gasteiger partial charge in [-0.25, -0.2) is 9.97 Å². The largest absolute Gasteiger partial charge is 0.228 e. The Hall–Kier alpha value is -3.75. The molecule has 0 unspecified atom stereocenters. The zero-order chi connectivity index (χ0) is 21.0. The molecule has 5 aromatic rings. The molecular weight excluding hydrogens is 400 g/mol. The normalized spacial score (nSPS) is 10.7. The third-order valence-corrected chi connectivity index (χ3v) is 5.52. The van der Waals surface area contributed by atoms with E-state index < -0.39 is 0 Å². The fraction of sp³-hybridized carbons (Fsp3) is 0. The van der Waals surface area contributed by atoms with E-state index >= 15 is 0 Å². The van der Waals surface area contributed by atoms with Crippen molar-refractivity contribution in [3.63, 3.8) is 0 Å². The lowest BCUT2D eigenvalue weighted by atomic mass is 9.96. The average Bonchev–Trinajstić information content (AvgIpc) is 2.85. The minimum absolute atomic E-state index is 0.700. The van der Waals surface area contributed by atoms with Gasteiger partial charge in [0.1, 0.15) is 0 Å². The molecule has 0 N–H and O–H groups in total. The highest BCUT2D eigenvalue weighted by molar-refractivity contribution is 6.33. The van der Waals surface area contributed by atoms with E-state index in [4.69, 9.17) is 21.6 Å². The van der Waals surface area contributed by atoms with Crippen LogP contribution in [0.2, 0.25) is 5.02 Å². The summed E-state index contributed by atoms with van der Waals surface area (Å²) in [5, 5.41) is 0.718. The van der Waals surface area contributed by atoms with Crippen LogP contribution in [0.3, 0.4) is 0 Å². The van der Waals surface area contributed by atoms with Crippen LogP contribution in [0.5, 0.6) is 0 Å². The predicted molar refractivity (Wildman–Crippen MR) is 129 cm³/mol. The molecule has 148 valence electrons. The molecule has 0 aliphatic carbocycles. The van der Waals surface area contributed by atoms with Crippen LogP contribution in [0, 0.1) is 0 Å². The molecule has 4 aromatic carbocycles. The highest BCUT2D eigenvalue weighted by Crippen LogP contribution is 2.36. The Morgan fingerprint density at radius 2 is 0.968 bits per heavy atom. The third-order valence-electron chi connectivity index (χ3n) is 5.19. The third kappa shape index (κ3) is 3.98. The van der Waals surface area contributed by atoms with Crippen LogP contribution in [-0.2, 0) is 0 Å². The summed E-state index contributed by atoms with van der Waals surface area (Å²) in [6.45, 7) is 0. The van der Waals surface area contributed by atoms with Crippen molar-refractivity contribution in [2.45, 2.75) is 0 Å². The van der Waals surface area contributed by atoms with Gasteiger partial charge in [0.05, 0.1) is 11.4 Å². The van der Waals surface area contributed by atoms with Gasteiger partial charge in [0.15, 0.2) is 5.82 Å². The molecular formula is C28H19ClN2. The zero-order valence-electron chi connectivity index (χ0n) is 16.7. The van der Waals surface area contributed by atoms with Gasteiger partial charge in [-0.1, -0.05) is 115 Å². The van der Waals surface area contributed by atoms with Crippen molar-refractivity contribution in [2.75, 3.05) is 0 Å². The quantitative estimate of drug-likeness (QED) is 0.297. The lowest BCUT2D eigenvalue weighted by Gasteiger charge is -2.13. The number of nitrogens with zero attached hydrogens (tertiary/aromatic N) is 2. The molecule has 5 rings (SSSR count). The second-order valence-corrected chi connectivity index (χ2v) is 7.63. The van der Waals surface area contributed by atoms with Crippen molar-refractivity contribution in [3.05, 3.63) is 120 Å². The van der Waals surface area contributed by atoms with Crippen molar-refractivity contribution in [2.24, 2.45) is 0 Å². The number of hydrogen-bond acceptors (Lipinski definition) is 2. The molecule has 0 fully saturated rings. The molecule has 0 atom stereocenters. The maximum Gasteiger partial charge on any atom is 0.160 e. The van der Waals surface area contributed by atoms with Crippen molar-refractivity contribution in [3.8, 4) is 45.0 Å². The number of hydrogen-bond donors (Lipinski definition) is 0. The second kappa shape index (κ2) is 8.55. The molecule has 3 heteroatoms. The molecule has 31 heavy (non-hydrogen) atoms. The van der Waals surface area contributed by atoms with Crippen molar-refractivity contribution >= 4 is 11.6 Å². The topological polar surface area (TPSA) is 25.8 Å². The van der Waals surface area contributed by atoms with E-state index in [0.717, 1.165) is 44.2 Å². The summed E-state index contributed by atoms with van der Waals surface area (Å²) in [4.78, 5) is 9.84. The first-order valence-electron chi connectivity index (χ1n) is 10.1. The summed E-state index contributed by atoms with van der Waals surface area (Å²) in [6.07, 6.45) is 0. The first-order valence-corrected chi connectivity index (χ1v) is 10.5. The number of rotatable bonds is 4. The highest BCUT2D eigenvalue weighted by Gasteiger charge is 2.14. The molecule has 0 radical (unpaired) electrons. The summed E-state index contributed by atoms with van der Waals surface area (Å²) in [6, 6.07) is 38.5. The van der Waals surface area contributed by atoms with Crippen LogP contribution in [0.4, 0.5) is 0 Å². The van der Waals surface area contributed by atoms with Crippen LogP contribution < -0.4 is 0 Å². The fourth-order valence-electron chi connectivity index (χ4n) is 3.68. The standard InChI is InChI=1S/C28H19ClN2/c29-25-18-10-9-16-23(25)22-15-7-8-17-24(22)27-19-26(20-11-3-1-4-12-20)30-28(31-27)21-13-5-2-6-14-21/h1-19H. The number of aromatic nitrogens is 2. The van der Waals surface area contributed by atoms with E-state index in [1.165, 1.54) is 0 Å². The van der Waals surface area contributed by atoms with Gasteiger partial charge in [-0.05, 0) is 17.7 Å². The van der Waals surface area contributed by atoms with E-state index in [0.29, 0.717) is 5.82 Å². The second-order valence-electron chi connectivity index (χ2n) is 7.22. The Labute approximate surface area is 186 Å². The minimum atomic E-state index is 0.700. The van der Waals surface area contributed by atoms with Gasteiger partial charge in [-0.2, -0.15) is 0 Å². The lowest BCUT2D eigenvalue weighted by molar-refractivity contribution is 1.18. The maximum absolute atomic E-state index is 6.54. The fourth-order valence-corrected chi connectivity index (χ4v) is 3.92. The molecule has 0 saturated carbocycles. The molecule has 0 aliphatic heterocycles. The Bertz CT molecular complexity index is 1270. The maximum atomic E-state index is 6.54. The summed E-state index contributed by atoms with van der Waals surface area (Å²) in [7, 11) is 0. The van der Waals surface area contributed by atoms with E-state index in [2.05, 4.69) is 30.3 Å². The Morgan fingerprint density at radius 1 is 0.452 bits per heavy atom. The summed E-state index contributed by atoms with van der Waals surface area (Å²) in [5.41, 5.74) is 6.84. The smallest absolute Gasteiger partial charge is 0.160 e. The lowest BCUT2D eigenvalue weighted by Crippen LogP contribution is -1.97. The van der Waals surface area contributed by atoms with Crippen LogP contribution in [-0.4, -0.2) is 9.97 Å². The van der Waals surface area contributed by atoms with E-state index in [1.807, 2.05) is 84.9 Å². The molecule has 0 bridgehead atoms.